The molecule has 5 rings (SSSR count). The predicted molar refractivity (Wildman–Crippen MR) is 159 cm³/mol. The third-order valence-corrected chi connectivity index (χ3v) is 13.9. The van der Waals surface area contributed by atoms with Crippen LogP contribution in [0, 0.1) is 46.3 Å². The van der Waals surface area contributed by atoms with E-state index in [2.05, 4.69) is 55.0 Å². The van der Waals surface area contributed by atoms with Gasteiger partial charge in [-0.05, 0) is 119 Å². The van der Waals surface area contributed by atoms with Gasteiger partial charge >= 0.3 is 10.4 Å². The number of hydrogen-bond donors (Lipinski definition) is 2. The standard InChI is InChI=1S/C30H44BrNO6S2/c1-5-23(25-8-9-26(31)39-25)32-27(34)14-17(2)20-6-7-21-28-22(11-13-30(20,21)4)29(3)12-10-19(33)15-18(29)16-24(28)38-40(35,36)37/h8-9,17-18,20-24,28H,5-7,10-16H2,1-4H3,(H,32,34)(H,35,36,37)/t17-,18+,20?,21+,22+,23?,24-,28+,29+,30-/m1/s1. The van der Waals surface area contributed by atoms with Gasteiger partial charge in [-0.25, -0.2) is 4.18 Å². The number of halogens is 1. The molecule has 4 aliphatic rings. The Balaban J connectivity index is 1.34. The fraction of sp³-hybridized carbons (Fsp3) is 0.800. The van der Waals surface area contributed by atoms with E-state index in [0.29, 0.717) is 31.6 Å². The van der Waals surface area contributed by atoms with Crippen LogP contribution >= 0.6 is 27.3 Å². The van der Waals surface area contributed by atoms with Crippen LogP contribution in [0.5, 0.6) is 0 Å². The van der Waals surface area contributed by atoms with Gasteiger partial charge in [-0.15, -0.1) is 11.3 Å². The smallest absolute Gasteiger partial charge is 0.348 e. The molecule has 1 aromatic rings. The lowest BCUT2D eigenvalue weighted by molar-refractivity contribution is -0.164. The summed E-state index contributed by atoms with van der Waals surface area (Å²) in [7, 11) is -4.62. The first-order chi connectivity index (χ1) is 18.7. The highest BCUT2D eigenvalue weighted by Gasteiger charge is 2.64. The quantitative estimate of drug-likeness (QED) is 0.288. The molecule has 224 valence electrons. The van der Waals surface area contributed by atoms with Crippen molar-refractivity contribution in [2.24, 2.45) is 46.3 Å². The SMILES string of the molecule is CCC(NC(=O)C[C@@H](C)C1CC[C@H]2[C@@H]3[C@H](OS(=O)(=O)O)C[C@@H]4CC(=O)CC[C@]4(C)[C@H]3CC[C@]12C)c1ccc(Br)s1. The van der Waals surface area contributed by atoms with E-state index < -0.39 is 16.5 Å². The van der Waals surface area contributed by atoms with E-state index in [1.165, 1.54) is 0 Å². The maximum atomic E-state index is 13.2. The topological polar surface area (TPSA) is 110 Å². The summed E-state index contributed by atoms with van der Waals surface area (Å²) in [4.78, 5) is 26.8. The number of nitrogens with one attached hydrogen (secondary N) is 1. The van der Waals surface area contributed by atoms with Crippen LogP contribution < -0.4 is 5.32 Å². The van der Waals surface area contributed by atoms with Gasteiger partial charge < -0.3 is 5.32 Å². The molecule has 4 saturated carbocycles. The molecule has 0 saturated heterocycles. The molecule has 7 nitrogen and oxygen atoms in total. The lowest BCUT2D eigenvalue weighted by atomic mass is 9.44. The Morgan fingerprint density at radius 3 is 2.58 bits per heavy atom. The first kappa shape index (κ1) is 30.6. The number of fused-ring (bicyclic) bond motifs is 5. The molecule has 2 N–H and O–H groups in total. The molecular formula is C30H44BrNO6S2. The second kappa shape index (κ2) is 11.4. The van der Waals surface area contributed by atoms with E-state index in [9.17, 15) is 22.6 Å². The first-order valence-electron chi connectivity index (χ1n) is 15.0. The number of carbonyl (C=O) groups is 2. The third kappa shape index (κ3) is 5.73. The van der Waals surface area contributed by atoms with Crippen LogP contribution in [-0.4, -0.2) is 30.8 Å². The monoisotopic (exact) mass is 657 g/mol. The lowest BCUT2D eigenvalue weighted by Gasteiger charge is -2.62. The number of carbonyl (C=O) groups excluding carboxylic acids is 2. The van der Waals surface area contributed by atoms with Crippen molar-refractivity contribution in [2.75, 3.05) is 0 Å². The Bertz CT molecular complexity index is 1230. The molecule has 2 unspecified atom stereocenters. The van der Waals surface area contributed by atoms with Crippen molar-refractivity contribution in [3.05, 3.63) is 20.8 Å². The Hall–Kier alpha value is -0.810. The van der Waals surface area contributed by atoms with Gasteiger partial charge in [0, 0.05) is 24.1 Å². The maximum absolute atomic E-state index is 13.2. The molecule has 1 aromatic heterocycles. The third-order valence-electron chi connectivity index (χ3n) is 11.7. The summed E-state index contributed by atoms with van der Waals surface area (Å²) in [6.45, 7) is 8.94. The zero-order chi connectivity index (χ0) is 29.0. The molecule has 4 aliphatic carbocycles. The lowest BCUT2D eigenvalue weighted by Crippen LogP contribution is -2.59. The highest BCUT2D eigenvalue weighted by molar-refractivity contribution is 9.11. The second-order valence-electron chi connectivity index (χ2n) is 13.6. The van der Waals surface area contributed by atoms with E-state index in [0.717, 1.165) is 47.2 Å². The average molecular weight is 659 g/mol. The van der Waals surface area contributed by atoms with Gasteiger partial charge in [-0.3, -0.25) is 14.1 Å². The van der Waals surface area contributed by atoms with Crippen molar-refractivity contribution in [1.29, 1.82) is 0 Å². The van der Waals surface area contributed by atoms with E-state index in [1.54, 1.807) is 11.3 Å². The van der Waals surface area contributed by atoms with Crippen LogP contribution in [-0.2, 0) is 24.2 Å². The van der Waals surface area contributed by atoms with Crippen LogP contribution in [0.4, 0.5) is 0 Å². The number of rotatable bonds is 8. The number of amides is 1. The van der Waals surface area contributed by atoms with Crippen LogP contribution in [0.3, 0.4) is 0 Å². The zero-order valence-corrected chi connectivity index (χ0v) is 27.2. The Labute approximate surface area is 251 Å². The van der Waals surface area contributed by atoms with Gasteiger partial charge in [-0.2, -0.15) is 8.42 Å². The molecule has 4 fully saturated rings. The van der Waals surface area contributed by atoms with E-state index in [1.807, 2.05) is 6.07 Å². The summed E-state index contributed by atoms with van der Waals surface area (Å²) in [6, 6.07) is 4.09. The maximum Gasteiger partial charge on any atom is 0.397 e. The van der Waals surface area contributed by atoms with Crippen molar-refractivity contribution < 1.29 is 26.7 Å². The van der Waals surface area contributed by atoms with Gasteiger partial charge in [0.25, 0.3) is 0 Å². The molecule has 0 spiro atoms. The average Bonchev–Trinajstić information content (AvgIpc) is 3.45. The molecule has 0 aliphatic heterocycles. The number of hydrogen-bond acceptors (Lipinski definition) is 6. The fourth-order valence-corrected chi connectivity index (χ4v) is 11.9. The minimum Gasteiger partial charge on any atom is -0.348 e. The van der Waals surface area contributed by atoms with Crippen molar-refractivity contribution >= 4 is 49.4 Å². The van der Waals surface area contributed by atoms with Crippen LogP contribution in [0.1, 0.15) is 103 Å². The van der Waals surface area contributed by atoms with Crippen LogP contribution in [0.25, 0.3) is 0 Å². The molecule has 0 bridgehead atoms. The summed E-state index contributed by atoms with van der Waals surface area (Å²) in [5, 5.41) is 3.26. The van der Waals surface area contributed by atoms with Crippen LogP contribution in [0.15, 0.2) is 15.9 Å². The minimum absolute atomic E-state index is 0.00925. The summed E-state index contributed by atoms with van der Waals surface area (Å²) in [6.07, 6.45) is 7.08. The second-order valence-corrected chi connectivity index (χ2v) is 17.2. The van der Waals surface area contributed by atoms with Gasteiger partial charge in [0.05, 0.1) is 15.9 Å². The molecule has 1 heterocycles. The number of thiophene rings is 1. The van der Waals surface area contributed by atoms with Gasteiger partial charge in [0.15, 0.2) is 0 Å². The Morgan fingerprint density at radius 2 is 1.93 bits per heavy atom. The molecule has 0 radical (unpaired) electrons. The fourth-order valence-electron chi connectivity index (χ4n) is 9.80. The van der Waals surface area contributed by atoms with Crippen LogP contribution in [0.2, 0.25) is 0 Å². The van der Waals surface area contributed by atoms with E-state index in [-0.39, 0.29) is 58.2 Å². The van der Waals surface area contributed by atoms with E-state index >= 15 is 0 Å². The first-order valence-corrected chi connectivity index (χ1v) is 17.9. The minimum atomic E-state index is -4.62. The number of Topliss-reactive ketones (excluding diaryl/α,β-unsaturated/α-hetero) is 1. The highest BCUT2D eigenvalue weighted by atomic mass is 79.9. The summed E-state index contributed by atoms with van der Waals surface area (Å²) in [5.41, 5.74) is -0.0489. The normalized spacial score (nSPS) is 39.1. The van der Waals surface area contributed by atoms with Crippen molar-refractivity contribution in [2.45, 2.75) is 104 Å². The molecule has 10 heteroatoms. The molecule has 10 atom stereocenters. The molecule has 1 amide bonds. The zero-order valence-electron chi connectivity index (χ0n) is 24.0. The number of ketones is 1. The Kier molecular flexibility index (Phi) is 8.70. The summed E-state index contributed by atoms with van der Waals surface area (Å²) >= 11 is 5.18. The predicted octanol–water partition coefficient (Wildman–Crippen LogP) is 7.13. The van der Waals surface area contributed by atoms with Gasteiger partial charge in [-0.1, -0.05) is 27.7 Å². The summed E-state index contributed by atoms with van der Waals surface area (Å²) < 4.78 is 40.2. The molecular weight excluding hydrogens is 614 g/mol. The summed E-state index contributed by atoms with van der Waals surface area (Å²) in [5.74, 6) is 1.50. The van der Waals surface area contributed by atoms with Gasteiger partial charge in [0.2, 0.25) is 5.91 Å². The van der Waals surface area contributed by atoms with Crippen molar-refractivity contribution in [1.82, 2.24) is 5.32 Å². The van der Waals surface area contributed by atoms with Gasteiger partial charge in [0.1, 0.15) is 5.78 Å². The van der Waals surface area contributed by atoms with Crippen molar-refractivity contribution in [3.63, 3.8) is 0 Å². The Morgan fingerprint density at radius 1 is 1.20 bits per heavy atom. The molecule has 0 aromatic carbocycles. The largest absolute Gasteiger partial charge is 0.397 e. The molecule has 40 heavy (non-hydrogen) atoms. The van der Waals surface area contributed by atoms with Crippen molar-refractivity contribution in [3.8, 4) is 0 Å². The highest BCUT2D eigenvalue weighted by Crippen LogP contribution is 2.68. The van der Waals surface area contributed by atoms with E-state index in [4.69, 9.17) is 4.18 Å².